The predicted molar refractivity (Wildman–Crippen MR) is 98.8 cm³/mol. The number of benzene rings is 1. The number of amides is 1. The maximum Gasteiger partial charge on any atom is 0.251 e. The number of carbonyl (C=O) groups is 1. The molecule has 7 heteroatoms. The molecule has 0 unspecified atom stereocenters. The Bertz CT molecular complexity index is 731. The van der Waals surface area contributed by atoms with Crippen molar-refractivity contribution in [2.24, 2.45) is 5.92 Å². The van der Waals surface area contributed by atoms with Gasteiger partial charge in [-0.05, 0) is 37.0 Å². The summed E-state index contributed by atoms with van der Waals surface area (Å²) in [5.74, 6) is 2.45. The lowest BCUT2D eigenvalue weighted by molar-refractivity contribution is 0.0944. The molecular formula is C19H24N4O3. The fraction of sp³-hybridized carbons (Fsp3) is 0.421. The van der Waals surface area contributed by atoms with Crippen LogP contribution in [0.25, 0.3) is 0 Å². The first-order valence-corrected chi connectivity index (χ1v) is 8.72. The summed E-state index contributed by atoms with van der Waals surface area (Å²) in [6, 6.07) is 5.19. The SMILES string of the molecule is COc1ccc(C(=O)NCC2CCN(c3cnccn3)CC2)cc1OC. The lowest BCUT2D eigenvalue weighted by Gasteiger charge is -2.32. The van der Waals surface area contributed by atoms with Gasteiger partial charge < -0.3 is 19.7 Å². The third-order valence-corrected chi connectivity index (χ3v) is 4.69. The molecule has 1 aliphatic rings. The van der Waals surface area contributed by atoms with Crippen LogP contribution >= 0.6 is 0 Å². The number of nitrogens with zero attached hydrogens (tertiary/aromatic N) is 3. The van der Waals surface area contributed by atoms with Crippen LogP contribution in [0.5, 0.6) is 11.5 Å². The first-order valence-electron chi connectivity index (χ1n) is 8.72. The van der Waals surface area contributed by atoms with Gasteiger partial charge in [0.2, 0.25) is 0 Å². The monoisotopic (exact) mass is 356 g/mol. The van der Waals surface area contributed by atoms with Gasteiger partial charge in [0.25, 0.3) is 5.91 Å². The van der Waals surface area contributed by atoms with Gasteiger partial charge in [-0.25, -0.2) is 4.98 Å². The van der Waals surface area contributed by atoms with Crippen LogP contribution in [0.2, 0.25) is 0 Å². The first kappa shape index (κ1) is 18.0. The van der Waals surface area contributed by atoms with E-state index in [1.165, 1.54) is 0 Å². The van der Waals surface area contributed by atoms with Gasteiger partial charge in [-0.3, -0.25) is 9.78 Å². The van der Waals surface area contributed by atoms with E-state index >= 15 is 0 Å². The maximum absolute atomic E-state index is 12.4. The topological polar surface area (TPSA) is 76.6 Å². The zero-order chi connectivity index (χ0) is 18.4. The van der Waals surface area contributed by atoms with Crippen LogP contribution in [0, 0.1) is 5.92 Å². The molecule has 0 radical (unpaired) electrons. The van der Waals surface area contributed by atoms with E-state index < -0.39 is 0 Å². The Balaban J connectivity index is 1.50. The van der Waals surface area contributed by atoms with E-state index in [9.17, 15) is 4.79 Å². The van der Waals surface area contributed by atoms with Crippen LogP contribution in [0.15, 0.2) is 36.8 Å². The van der Waals surface area contributed by atoms with Gasteiger partial charge in [0.05, 0.1) is 20.4 Å². The first-order chi connectivity index (χ1) is 12.7. The fourth-order valence-electron chi connectivity index (χ4n) is 3.14. The van der Waals surface area contributed by atoms with Crippen LogP contribution in [-0.4, -0.2) is 49.7 Å². The number of nitrogens with one attached hydrogen (secondary N) is 1. The molecule has 26 heavy (non-hydrogen) atoms. The van der Waals surface area contributed by atoms with Crippen molar-refractivity contribution in [1.82, 2.24) is 15.3 Å². The van der Waals surface area contributed by atoms with E-state index in [0.29, 0.717) is 29.5 Å². The quantitative estimate of drug-likeness (QED) is 0.855. The zero-order valence-corrected chi connectivity index (χ0v) is 15.1. The van der Waals surface area contributed by atoms with Gasteiger partial charge in [0.1, 0.15) is 5.82 Å². The molecule has 1 aliphatic heterocycles. The number of carbonyl (C=O) groups excluding carboxylic acids is 1. The van der Waals surface area contributed by atoms with Crippen molar-refractivity contribution in [3.8, 4) is 11.5 Å². The summed E-state index contributed by atoms with van der Waals surface area (Å²) < 4.78 is 10.5. The van der Waals surface area contributed by atoms with Crippen LogP contribution in [0.4, 0.5) is 5.82 Å². The smallest absolute Gasteiger partial charge is 0.251 e. The molecule has 1 saturated heterocycles. The number of rotatable bonds is 6. The van der Waals surface area contributed by atoms with E-state index in [2.05, 4.69) is 20.2 Å². The van der Waals surface area contributed by atoms with E-state index in [0.717, 1.165) is 31.7 Å². The van der Waals surface area contributed by atoms with Crippen molar-refractivity contribution in [2.75, 3.05) is 38.8 Å². The molecule has 0 bridgehead atoms. The number of ether oxygens (including phenoxy) is 2. The van der Waals surface area contributed by atoms with Gasteiger partial charge in [-0.2, -0.15) is 0 Å². The van der Waals surface area contributed by atoms with Crippen LogP contribution in [-0.2, 0) is 0 Å². The average Bonchev–Trinajstić information content (AvgIpc) is 2.72. The summed E-state index contributed by atoms with van der Waals surface area (Å²) in [5, 5.41) is 3.03. The van der Waals surface area contributed by atoms with Gasteiger partial charge in [0, 0.05) is 37.6 Å². The largest absolute Gasteiger partial charge is 0.493 e. The highest BCUT2D eigenvalue weighted by Gasteiger charge is 2.21. The Morgan fingerprint density at radius 3 is 2.62 bits per heavy atom. The fourth-order valence-corrected chi connectivity index (χ4v) is 3.14. The minimum Gasteiger partial charge on any atom is -0.493 e. The minimum absolute atomic E-state index is 0.0951. The van der Waals surface area contributed by atoms with Gasteiger partial charge in [0.15, 0.2) is 11.5 Å². The Labute approximate surface area is 153 Å². The van der Waals surface area contributed by atoms with E-state index in [1.807, 2.05) is 0 Å². The van der Waals surface area contributed by atoms with Crippen molar-refractivity contribution in [1.29, 1.82) is 0 Å². The standard InChI is InChI=1S/C19H24N4O3/c1-25-16-4-3-15(11-17(16)26-2)19(24)22-12-14-5-9-23(10-6-14)18-13-20-7-8-21-18/h3-4,7-8,11,13-14H,5-6,9-10,12H2,1-2H3,(H,22,24). The molecular weight excluding hydrogens is 332 g/mol. The minimum atomic E-state index is -0.0951. The van der Waals surface area contributed by atoms with E-state index in [1.54, 1.807) is 51.0 Å². The molecule has 1 aromatic heterocycles. The summed E-state index contributed by atoms with van der Waals surface area (Å²) in [6.07, 6.45) is 7.22. The van der Waals surface area contributed by atoms with E-state index in [-0.39, 0.29) is 5.91 Å². The Kier molecular flexibility index (Phi) is 5.88. The number of piperidine rings is 1. The van der Waals surface area contributed by atoms with Gasteiger partial charge >= 0.3 is 0 Å². The lowest BCUT2D eigenvalue weighted by Crippen LogP contribution is -2.39. The van der Waals surface area contributed by atoms with Crippen molar-refractivity contribution >= 4 is 11.7 Å². The predicted octanol–water partition coefficient (Wildman–Crippen LogP) is 2.14. The van der Waals surface area contributed by atoms with Crippen molar-refractivity contribution in [2.45, 2.75) is 12.8 Å². The second-order valence-corrected chi connectivity index (χ2v) is 6.27. The Morgan fingerprint density at radius 2 is 1.96 bits per heavy atom. The molecule has 7 nitrogen and oxygen atoms in total. The molecule has 1 amide bonds. The third kappa shape index (κ3) is 4.22. The number of aromatic nitrogens is 2. The van der Waals surface area contributed by atoms with Gasteiger partial charge in [-0.1, -0.05) is 0 Å². The highest BCUT2D eigenvalue weighted by molar-refractivity contribution is 5.94. The third-order valence-electron chi connectivity index (χ3n) is 4.69. The zero-order valence-electron chi connectivity index (χ0n) is 15.1. The molecule has 0 spiro atoms. The number of methoxy groups -OCH3 is 2. The normalized spacial score (nSPS) is 14.8. The highest BCUT2D eigenvalue weighted by Crippen LogP contribution is 2.27. The highest BCUT2D eigenvalue weighted by atomic mass is 16.5. The number of hydrogen-bond acceptors (Lipinski definition) is 6. The second kappa shape index (κ2) is 8.51. The molecule has 2 aromatic rings. The molecule has 0 saturated carbocycles. The van der Waals surface area contributed by atoms with Crippen LogP contribution in [0.1, 0.15) is 23.2 Å². The molecule has 0 aliphatic carbocycles. The van der Waals surface area contributed by atoms with Crippen molar-refractivity contribution < 1.29 is 14.3 Å². The Hall–Kier alpha value is -2.83. The second-order valence-electron chi connectivity index (χ2n) is 6.27. The molecule has 1 fully saturated rings. The number of anilines is 1. The lowest BCUT2D eigenvalue weighted by atomic mass is 9.96. The molecule has 3 rings (SSSR count). The summed E-state index contributed by atoms with van der Waals surface area (Å²) in [7, 11) is 3.13. The van der Waals surface area contributed by atoms with Crippen molar-refractivity contribution in [3.63, 3.8) is 0 Å². The summed E-state index contributed by atoms with van der Waals surface area (Å²) >= 11 is 0. The maximum atomic E-state index is 12.4. The number of hydrogen-bond donors (Lipinski definition) is 1. The molecule has 2 heterocycles. The van der Waals surface area contributed by atoms with Gasteiger partial charge in [-0.15, -0.1) is 0 Å². The summed E-state index contributed by atoms with van der Waals surface area (Å²) in [6.45, 7) is 2.52. The van der Waals surface area contributed by atoms with Crippen LogP contribution in [0.3, 0.4) is 0 Å². The summed E-state index contributed by atoms with van der Waals surface area (Å²) in [5.41, 5.74) is 0.569. The van der Waals surface area contributed by atoms with Crippen LogP contribution < -0.4 is 19.7 Å². The molecule has 1 N–H and O–H groups in total. The molecule has 138 valence electrons. The average molecular weight is 356 g/mol. The molecule has 0 atom stereocenters. The Morgan fingerprint density at radius 1 is 1.19 bits per heavy atom. The van der Waals surface area contributed by atoms with E-state index in [4.69, 9.17) is 9.47 Å². The van der Waals surface area contributed by atoms with Crippen molar-refractivity contribution in [3.05, 3.63) is 42.4 Å². The molecule has 1 aromatic carbocycles. The summed E-state index contributed by atoms with van der Waals surface area (Å²) in [4.78, 5) is 23.1.